The maximum Gasteiger partial charge on any atom is 0.235 e. The van der Waals surface area contributed by atoms with Gasteiger partial charge in [-0.3, -0.25) is 4.79 Å². The summed E-state index contributed by atoms with van der Waals surface area (Å²) in [6.45, 7) is 7.60. The maximum atomic E-state index is 12.1. The first-order valence-corrected chi connectivity index (χ1v) is 8.61. The molecular weight excluding hydrogens is 274 g/mol. The highest BCUT2D eigenvalue weighted by Gasteiger charge is 2.19. The molecule has 0 unspecified atom stereocenters. The van der Waals surface area contributed by atoms with E-state index in [4.69, 9.17) is 0 Å². The van der Waals surface area contributed by atoms with Crippen molar-refractivity contribution in [3.05, 3.63) is 34.9 Å². The number of aryl methyl sites for hydroxylation is 2. The molecule has 1 amide bonds. The van der Waals surface area contributed by atoms with Gasteiger partial charge >= 0.3 is 0 Å². The monoisotopic (exact) mass is 297 g/mol. The van der Waals surface area contributed by atoms with Crippen LogP contribution in [0.25, 0.3) is 0 Å². The first kappa shape index (κ1) is 16.7. The topological polar surface area (TPSA) is 63.2 Å². The Morgan fingerprint density at radius 3 is 2.55 bits per heavy atom. The minimum atomic E-state index is -3.44. The maximum absolute atomic E-state index is 12.1. The van der Waals surface area contributed by atoms with Gasteiger partial charge in [0.2, 0.25) is 5.91 Å². The van der Waals surface area contributed by atoms with Gasteiger partial charge in [0.15, 0.2) is 9.84 Å². The molecule has 1 aromatic carbocycles. The van der Waals surface area contributed by atoms with E-state index in [0.717, 1.165) is 23.1 Å². The highest BCUT2D eigenvalue weighted by molar-refractivity contribution is 7.91. The van der Waals surface area contributed by atoms with E-state index in [1.165, 1.54) is 0 Å². The van der Waals surface area contributed by atoms with Crippen LogP contribution in [0, 0.1) is 13.8 Å². The quantitative estimate of drug-likeness (QED) is 0.875. The van der Waals surface area contributed by atoms with Crippen LogP contribution in [-0.2, 0) is 20.4 Å². The zero-order chi connectivity index (χ0) is 15.3. The largest absolute Gasteiger partial charge is 0.353 e. The van der Waals surface area contributed by atoms with E-state index in [1.54, 1.807) is 0 Å². The van der Waals surface area contributed by atoms with Crippen molar-refractivity contribution in [3.63, 3.8) is 0 Å². The fraction of sp³-hybridized carbons (Fsp3) is 0.533. The fourth-order valence-corrected chi connectivity index (χ4v) is 3.23. The van der Waals surface area contributed by atoms with E-state index in [2.05, 4.69) is 5.32 Å². The predicted octanol–water partition coefficient (Wildman–Crippen LogP) is 2.13. The predicted molar refractivity (Wildman–Crippen MR) is 81.3 cm³/mol. The third-order valence-electron chi connectivity index (χ3n) is 3.25. The molecule has 1 aromatic rings. The molecule has 20 heavy (non-hydrogen) atoms. The van der Waals surface area contributed by atoms with Crippen LogP contribution in [0.3, 0.4) is 0 Å². The fourth-order valence-electron chi connectivity index (χ4n) is 1.86. The lowest BCUT2D eigenvalue weighted by atomic mass is 10.1. The molecule has 0 aromatic heterocycles. The molecule has 0 fully saturated rings. The minimum Gasteiger partial charge on any atom is -0.353 e. The van der Waals surface area contributed by atoms with Crippen molar-refractivity contribution in [2.45, 2.75) is 45.9 Å². The number of carbonyl (C=O) groups is 1. The van der Waals surface area contributed by atoms with Gasteiger partial charge in [0.1, 0.15) is 5.75 Å². The summed E-state index contributed by atoms with van der Waals surface area (Å²) in [7, 11) is -3.44. The van der Waals surface area contributed by atoms with Crippen molar-refractivity contribution in [1.82, 2.24) is 5.32 Å². The standard InChI is InChI=1S/C15H23NO3S/c1-5-13(4)16-15(17)10-20(18,19)9-14-8-11(2)6-7-12(14)3/h6-8,13H,5,9-10H2,1-4H3,(H,16,17)/t13-/m1/s1. The van der Waals surface area contributed by atoms with Crippen LogP contribution in [0.2, 0.25) is 0 Å². The average molecular weight is 297 g/mol. The van der Waals surface area contributed by atoms with E-state index >= 15 is 0 Å². The van der Waals surface area contributed by atoms with Gasteiger partial charge in [0, 0.05) is 6.04 Å². The van der Waals surface area contributed by atoms with Crippen molar-refractivity contribution in [3.8, 4) is 0 Å². The molecule has 1 rings (SSSR count). The lowest BCUT2D eigenvalue weighted by Crippen LogP contribution is -2.36. The molecule has 0 spiro atoms. The minimum absolute atomic E-state index is 0.00148. The molecule has 0 aliphatic rings. The molecule has 0 bridgehead atoms. The summed E-state index contributed by atoms with van der Waals surface area (Å²) in [5.74, 6) is -0.969. The van der Waals surface area contributed by atoms with Crippen molar-refractivity contribution in [2.24, 2.45) is 0 Å². The first-order chi connectivity index (χ1) is 9.23. The Kier molecular flexibility index (Phi) is 5.74. The molecule has 0 aliphatic carbocycles. The summed E-state index contributed by atoms with van der Waals surface area (Å²) < 4.78 is 24.2. The third kappa shape index (κ3) is 5.33. The number of nitrogens with one attached hydrogen (secondary N) is 1. The number of sulfone groups is 1. The Hall–Kier alpha value is -1.36. The number of hydrogen-bond donors (Lipinski definition) is 1. The third-order valence-corrected chi connectivity index (χ3v) is 4.70. The van der Waals surface area contributed by atoms with Crippen LogP contribution >= 0.6 is 0 Å². The number of carbonyl (C=O) groups excluding carboxylic acids is 1. The Labute approximate surface area is 121 Å². The summed E-state index contributed by atoms with van der Waals surface area (Å²) >= 11 is 0. The van der Waals surface area contributed by atoms with Gasteiger partial charge in [-0.2, -0.15) is 0 Å². The van der Waals surface area contributed by atoms with Gasteiger partial charge in [-0.05, 0) is 38.3 Å². The number of hydrogen-bond acceptors (Lipinski definition) is 3. The van der Waals surface area contributed by atoms with Crippen LogP contribution in [0.15, 0.2) is 18.2 Å². The van der Waals surface area contributed by atoms with Gasteiger partial charge in [-0.25, -0.2) is 8.42 Å². The molecule has 1 atom stereocenters. The summed E-state index contributed by atoms with van der Waals surface area (Å²) in [4.78, 5) is 11.7. The zero-order valence-electron chi connectivity index (χ0n) is 12.6. The molecule has 4 nitrogen and oxygen atoms in total. The van der Waals surface area contributed by atoms with Gasteiger partial charge in [0.25, 0.3) is 0 Å². The Balaban J connectivity index is 2.75. The Bertz CT molecular complexity index is 579. The second-order valence-corrected chi connectivity index (χ2v) is 7.40. The highest BCUT2D eigenvalue weighted by atomic mass is 32.2. The van der Waals surface area contributed by atoms with E-state index in [-0.39, 0.29) is 11.8 Å². The van der Waals surface area contributed by atoms with E-state index < -0.39 is 21.5 Å². The molecule has 0 saturated heterocycles. The Morgan fingerprint density at radius 1 is 1.30 bits per heavy atom. The summed E-state index contributed by atoms with van der Waals surface area (Å²) in [6, 6.07) is 5.71. The number of rotatable bonds is 6. The molecule has 1 N–H and O–H groups in total. The second kappa shape index (κ2) is 6.88. The molecule has 0 aliphatic heterocycles. The van der Waals surface area contributed by atoms with Crippen molar-refractivity contribution < 1.29 is 13.2 Å². The normalized spacial score (nSPS) is 13.0. The summed E-state index contributed by atoms with van der Waals surface area (Å²) in [5, 5.41) is 2.68. The van der Waals surface area contributed by atoms with Crippen molar-refractivity contribution in [1.29, 1.82) is 0 Å². The van der Waals surface area contributed by atoms with Crippen LogP contribution in [0.1, 0.15) is 37.0 Å². The van der Waals surface area contributed by atoms with Crippen molar-refractivity contribution >= 4 is 15.7 Å². The van der Waals surface area contributed by atoms with Crippen molar-refractivity contribution in [2.75, 3.05) is 5.75 Å². The van der Waals surface area contributed by atoms with Gasteiger partial charge in [-0.15, -0.1) is 0 Å². The average Bonchev–Trinajstić information content (AvgIpc) is 2.32. The van der Waals surface area contributed by atoms with Crippen LogP contribution < -0.4 is 5.32 Å². The summed E-state index contributed by atoms with van der Waals surface area (Å²) in [6.07, 6.45) is 0.781. The SMILES string of the molecule is CC[C@@H](C)NC(=O)CS(=O)(=O)Cc1cc(C)ccc1C. The van der Waals surface area contributed by atoms with E-state index in [9.17, 15) is 13.2 Å². The van der Waals surface area contributed by atoms with Crippen LogP contribution in [-0.4, -0.2) is 26.1 Å². The molecule has 0 radical (unpaired) electrons. The lowest BCUT2D eigenvalue weighted by Gasteiger charge is -2.12. The first-order valence-electron chi connectivity index (χ1n) is 6.79. The smallest absolute Gasteiger partial charge is 0.235 e. The van der Waals surface area contributed by atoms with Crippen LogP contribution in [0.4, 0.5) is 0 Å². The Morgan fingerprint density at radius 2 is 1.95 bits per heavy atom. The van der Waals surface area contributed by atoms with Gasteiger partial charge in [-0.1, -0.05) is 30.7 Å². The molecule has 5 heteroatoms. The lowest BCUT2D eigenvalue weighted by molar-refractivity contribution is -0.119. The molecular formula is C15H23NO3S. The second-order valence-electron chi connectivity index (χ2n) is 5.34. The van der Waals surface area contributed by atoms with Gasteiger partial charge < -0.3 is 5.32 Å². The number of benzene rings is 1. The summed E-state index contributed by atoms with van der Waals surface area (Å²) in [5.41, 5.74) is 2.72. The van der Waals surface area contributed by atoms with Crippen LogP contribution in [0.5, 0.6) is 0 Å². The van der Waals surface area contributed by atoms with E-state index in [0.29, 0.717) is 0 Å². The molecule has 112 valence electrons. The van der Waals surface area contributed by atoms with E-state index in [1.807, 2.05) is 45.9 Å². The highest BCUT2D eigenvalue weighted by Crippen LogP contribution is 2.14. The number of amides is 1. The van der Waals surface area contributed by atoms with Gasteiger partial charge in [0.05, 0.1) is 5.75 Å². The zero-order valence-corrected chi connectivity index (χ0v) is 13.4. The molecule has 0 heterocycles. The molecule has 0 saturated carbocycles.